The van der Waals surface area contributed by atoms with E-state index in [1.807, 2.05) is 0 Å². The Morgan fingerprint density at radius 3 is 2.71 bits per heavy atom. The summed E-state index contributed by atoms with van der Waals surface area (Å²) >= 11 is 0. The monoisotopic (exact) mass is 302 g/mol. The van der Waals surface area contributed by atoms with E-state index in [0.717, 1.165) is 31.8 Å². The van der Waals surface area contributed by atoms with E-state index in [9.17, 15) is 17.6 Å². The van der Waals surface area contributed by atoms with Gasteiger partial charge in [0.05, 0.1) is 5.56 Å². The van der Waals surface area contributed by atoms with Gasteiger partial charge in [-0.05, 0) is 49.5 Å². The lowest BCUT2D eigenvalue weighted by Crippen LogP contribution is -2.32. The zero-order valence-corrected chi connectivity index (χ0v) is 11.8. The zero-order chi connectivity index (χ0) is 15.2. The molecule has 3 unspecified atom stereocenters. The topological polar surface area (TPSA) is 15.3 Å². The van der Waals surface area contributed by atoms with Crippen LogP contribution < -0.4 is 5.32 Å². The number of alkyl halides is 3. The highest BCUT2D eigenvalue weighted by atomic mass is 19.4. The van der Waals surface area contributed by atoms with Crippen LogP contribution in [0.1, 0.15) is 18.1 Å². The summed E-state index contributed by atoms with van der Waals surface area (Å²) in [6.07, 6.45) is -4.64. The summed E-state index contributed by atoms with van der Waals surface area (Å²) in [7, 11) is 0. The average Bonchev–Trinajstić information content (AvgIpc) is 2.95. The van der Waals surface area contributed by atoms with Crippen molar-refractivity contribution >= 4 is 0 Å². The molecule has 0 spiro atoms. The minimum Gasteiger partial charge on any atom is -0.316 e. The van der Waals surface area contributed by atoms with Gasteiger partial charge in [-0.15, -0.1) is 0 Å². The molecule has 1 aromatic rings. The highest BCUT2D eigenvalue weighted by Gasteiger charge is 2.41. The van der Waals surface area contributed by atoms with Crippen molar-refractivity contribution in [2.75, 3.05) is 19.6 Å². The van der Waals surface area contributed by atoms with E-state index in [2.05, 4.69) is 17.1 Å². The molecule has 1 aromatic carbocycles. The van der Waals surface area contributed by atoms with E-state index in [4.69, 9.17) is 0 Å². The maximum atomic E-state index is 13.3. The van der Waals surface area contributed by atoms with Crippen LogP contribution >= 0.6 is 0 Å². The highest BCUT2D eigenvalue weighted by Crippen LogP contribution is 2.35. The molecule has 2 heterocycles. The Morgan fingerprint density at radius 1 is 1.29 bits per heavy atom. The maximum absolute atomic E-state index is 13.3. The second-order valence-corrected chi connectivity index (χ2v) is 6.06. The van der Waals surface area contributed by atoms with Gasteiger partial charge in [-0.1, -0.05) is 6.07 Å². The third-order valence-electron chi connectivity index (χ3n) is 4.78. The van der Waals surface area contributed by atoms with Gasteiger partial charge in [-0.2, -0.15) is 13.2 Å². The largest absolute Gasteiger partial charge is 0.419 e. The zero-order valence-electron chi connectivity index (χ0n) is 11.8. The molecule has 0 amide bonds. The van der Waals surface area contributed by atoms with Crippen LogP contribution in [0.4, 0.5) is 17.6 Å². The second kappa shape index (κ2) is 5.25. The van der Waals surface area contributed by atoms with Crippen molar-refractivity contribution in [3.63, 3.8) is 0 Å². The van der Waals surface area contributed by atoms with Crippen molar-refractivity contribution in [3.8, 4) is 0 Å². The summed E-state index contributed by atoms with van der Waals surface area (Å²) in [4.78, 5) is 2.20. The van der Waals surface area contributed by atoms with Crippen LogP contribution in [0.25, 0.3) is 0 Å². The molecule has 21 heavy (non-hydrogen) atoms. The number of benzene rings is 1. The molecule has 0 bridgehead atoms. The molecular formula is C15H18F4N2. The van der Waals surface area contributed by atoms with Crippen LogP contribution in [0.2, 0.25) is 0 Å². The van der Waals surface area contributed by atoms with E-state index >= 15 is 0 Å². The van der Waals surface area contributed by atoms with Gasteiger partial charge in [0.15, 0.2) is 0 Å². The lowest BCUT2D eigenvalue weighted by atomic mass is 9.95. The van der Waals surface area contributed by atoms with Crippen molar-refractivity contribution in [1.29, 1.82) is 0 Å². The molecule has 2 nitrogen and oxygen atoms in total. The van der Waals surface area contributed by atoms with Gasteiger partial charge in [0.25, 0.3) is 0 Å². The van der Waals surface area contributed by atoms with Crippen molar-refractivity contribution in [2.24, 2.45) is 11.8 Å². The molecule has 2 fully saturated rings. The Morgan fingerprint density at radius 2 is 2.05 bits per heavy atom. The Bertz CT molecular complexity index is 529. The number of likely N-dealkylation sites (tertiary alicyclic amines) is 1. The lowest BCUT2D eigenvalue weighted by Gasteiger charge is -2.24. The molecule has 3 rings (SSSR count). The second-order valence-electron chi connectivity index (χ2n) is 6.06. The summed E-state index contributed by atoms with van der Waals surface area (Å²) < 4.78 is 51.5. The number of nitrogens with one attached hydrogen (secondary N) is 1. The van der Waals surface area contributed by atoms with E-state index < -0.39 is 17.6 Å². The lowest BCUT2D eigenvalue weighted by molar-refractivity contribution is -0.140. The van der Waals surface area contributed by atoms with Crippen molar-refractivity contribution < 1.29 is 17.6 Å². The standard InChI is InChI=1S/C15H18F4N2/c1-9-12-6-20-5-11(12)8-21(9)7-10-2-3-14(16)13(4-10)15(17,18)19/h2-4,9,11-12,20H,5-8H2,1H3. The third kappa shape index (κ3) is 2.79. The van der Waals surface area contributed by atoms with Gasteiger partial charge >= 0.3 is 6.18 Å². The van der Waals surface area contributed by atoms with Crippen LogP contribution in [-0.2, 0) is 12.7 Å². The van der Waals surface area contributed by atoms with Gasteiger partial charge in [-0.3, -0.25) is 4.90 Å². The quantitative estimate of drug-likeness (QED) is 0.845. The molecule has 2 aliphatic rings. The molecule has 3 atom stereocenters. The summed E-state index contributed by atoms with van der Waals surface area (Å²) in [5, 5.41) is 3.35. The first-order chi connectivity index (χ1) is 9.86. The fraction of sp³-hybridized carbons (Fsp3) is 0.600. The molecule has 2 saturated heterocycles. The predicted octanol–water partition coefficient (Wildman–Crippen LogP) is 2.88. The van der Waals surface area contributed by atoms with Crippen LogP contribution in [0.15, 0.2) is 18.2 Å². The van der Waals surface area contributed by atoms with Crippen LogP contribution in [0, 0.1) is 17.7 Å². The molecule has 1 N–H and O–H groups in total. The van der Waals surface area contributed by atoms with Crippen LogP contribution in [-0.4, -0.2) is 30.6 Å². The first-order valence-electron chi connectivity index (χ1n) is 7.16. The SMILES string of the molecule is CC1C2CNCC2CN1Cc1ccc(F)c(C(F)(F)F)c1. The number of halogens is 4. The Labute approximate surface area is 121 Å². The van der Waals surface area contributed by atoms with Gasteiger partial charge in [0.2, 0.25) is 0 Å². The first kappa shape index (κ1) is 14.8. The third-order valence-corrected chi connectivity index (χ3v) is 4.78. The van der Waals surface area contributed by atoms with Crippen molar-refractivity contribution in [1.82, 2.24) is 10.2 Å². The highest BCUT2D eigenvalue weighted by molar-refractivity contribution is 5.27. The summed E-state index contributed by atoms with van der Waals surface area (Å²) in [5.41, 5.74) is -0.655. The molecule has 0 radical (unpaired) electrons. The van der Waals surface area contributed by atoms with Crippen molar-refractivity contribution in [2.45, 2.75) is 25.7 Å². The molecule has 6 heteroatoms. The van der Waals surface area contributed by atoms with E-state index in [1.54, 1.807) is 0 Å². The minimum absolute atomic E-state index is 0.337. The smallest absolute Gasteiger partial charge is 0.316 e. The van der Waals surface area contributed by atoms with Gasteiger partial charge in [-0.25, -0.2) is 4.39 Å². The van der Waals surface area contributed by atoms with Gasteiger partial charge in [0, 0.05) is 19.1 Å². The number of hydrogen-bond donors (Lipinski definition) is 1. The van der Waals surface area contributed by atoms with E-state index in [-0.39, 0.29) is 0 Å². The Balaban J connectivity index is 1.77. The maximum Gasteiger partial charge on any atom is 0.419 e. The number of hydrogen-bond acceptors (Lipinski definition) is 2. The Kier molecular flexibility index (Phi) is 3.69. The molecule has 0 saturated carbocycles. The number of fused-ring (bicyclic) bond motifs is 1. The molecule has 0 aromatic heterocycles. The predicted molar refractivity (Wildman–Crippen MR) is 71.1 cm³/mol. The Hall–Kier alpha value is -1.14. The number of nitrogens with zero attached hydrogens (tertiary/aromatic N) is 1. The summed E-state index contributed by atoms with van der Waals surface area (Å²) in [6.45, 7) is 5.39. The normalized spacial score (nSPS) is 29.9. The van der Waals surface area contributed by atoms with E-state index in [1.165, 1.54) is 6.07 Å². The molecule has 2 aliphatic heterocycles. The minimum atomic E-state index is -4.64. The van der Waals surface area contributed by atoms with Crippen molar-refractivity contribution in [3.05, 3.63) is 35.1 Å². The average molecular weight is 302 g/mol. The van der Waals surface area contributed by atoms with Crippen LogP contribution in [0.3, 0.4) is 0 Å². The fourth-order valence-corrected chi connectivity index (χ4v) is 3.59. The fourth-order valence-electron chi connectivity index (χ4n) is 3.59. The summed E-state index contributed by atoms with van der Waals surface area (Å²) in [6, 6.07) is 3.64. The molecular weight excluding hydrogens is 284 g/mol. The molecule has 116 valence electrons. The molecule has 0 aliphatic carbocycles. The summed E-state index contributed by atoms with van der Waals surface area (Å²) in [5.74, 6) is -0.0724. The van der Waals surface area contributed by atoms with Gasteiger partial charge < -0.3 is 5.32 Å². The number of rotatable bonds is 2. The van der Waals surface area contributed by atoms with E-state index in [0.29, 0.717) is 30.0 Å². The van der Waals surface area contributed by atoms with Crippen LogP contribution in [0.5, 0.6) is 0 Å². The van der Waals surface area contributed by atoms with Gasteiger partial charge in [0.1, 0.15) is 5.82 Å². The first-order valence-corrected chi connectivity index (χ1v) is 7.16.